The van der Waals surface area contributed by atoms with E-state index in [1.807, 2.05) is 0 Å². The molecule has 1 aromatic rings. The fourth-order valence-electron chi connectivity index (χ4n) is 2.05. The van der Waals surface area contributed by atoms with Crippen molar-refractivity contribution in [2.45, 2.75) is 30.2 Å². The number of ether oxygens (including phenoxy) is 1. The minimum Gasteiger partial charge on any atom is -0.380 e. The van der Waals surface area contributed by atoms with E-state index in [0.717, 1.165) is 0 Å². The van der Waals surface area contributed by atoms with Crippen molar-refractivity contribution in [2.75, 3.05) is 20.3 Å². The zero-order valence-corrected chi connectivity index (χ0v) is 11.9. The number of nitrogens with one attached hydrogen (secondary N) is 1. The van der Waals surface area contributed by atoms with Crippen molar-refractivity contribution < 1.29 is 13.2 Å². The van der Waals surface area contributed by atoms with E-state index in [0.29, 0.717) is 31.0 Å². The molecule has 1 saturated heterocycles. The maximum Gasteiger partial charge on any atom is 0.246 e. The molecule has 2 heterocycles. The fraction of sp³-hybridized carbons (Fsp3) is 0.700. The zero-order valence-electron chi connectivity index (χ0n) is 10.3. The van der Waals surface area contributed by atoms with Gasteiger partial charge in [-0.3, -0.25) is 5.10 Å². The van der Waals surface area contributed by atoms with E-state index in [1.165, 1.54) is 4.31 Å². The van der Waals surface area contributed by atoms with Crippen molar-refractivity contribution in [3.05, 3.63) is 11.4 Å². The second kappa shape index (κ2) is 5.16. The van der Waals surface area contributed by atoms with Gasteiger partial charge in [0.05, 0.1) is 29.9 Å². The third-order valence-corrected chi connectivity index (χ3v) is 5.51. The van der Waals surface area contributed by atoms with Crippen LogP contribution in [0.15, 0.2) is 4.90 Å². The van der Waals surface area contributed by atoms with Crippen molar-refractivity contribution in [2.24, 2.45) is 0 Å². The van der Waals surface area contributed by atoms with Crippen LogP contribution in [0.2, 0.25) is 0 Å². The Labute approximate surface area is 111 Å². The molecule has 0 aromatic carbocycles. The Kier molecular flexibility index (Phi) is 3.96. The second-order valence-corrected chi connectivity index (χ2v) is 6.50. The van der Waals surface area contributed by atoms with Crippen LogP contribution in [0.25, 0.3) is 0 Å². The number of aromatic amines is 1. The number of likely N-dealkylation sites (N-methyl/N-ethyl adjacent to an activating group) is 1. The smallest absolute Gasteiger partial charge is 0.246 e. The van der Waals surface area contributed by atoms with Crippen molar-refractivity contribution >= 4 is 21.6 Å². The number of aromatic nitrogens is 2. The van der Waals surface area contributed by atoms with E-state index in [-0.39, 0.29) is 16.8 Å². The molecule has 0 saturated carbocycles. The molecule has 1 unspecified atom stereocenters. The van der Waals surface area contributed by atoms with Gasteiger partial charge in [-0.05, 0) is 13.3 Å². The molecule has 18 heavy (non-hydrogen) atoms. The first kappa shape index (κ1) is 13.8. The van der Waals surface area contributed by atoms with E-state index in [9.17, 15) is 8.42 Å². The Balaban J connectivity index is 2.37. The summed E-state index contributed by atoms with van der Waals surface area (Å²) >= 11 is 5.73. The molecular weight excluding hydrogens is 278 g/mol. The van der Waals surface area contributed by atoms with Gasteiger partial charge in [-0.25, -0.2) is 8.42 Å². The van der Waals surface area contributed by atoms with Gasteiger partial charge in [-0.1, -0.05) is 0 Å². The lowest BCUT2D eigenvalue weighted by Crippen LogP contribution is -2.37. The first-order chi connectivity index (χ1) is 8.48. The van der Waals surface area contributed by atoms with Crippen LogP contribution in [0, 0.1) is 6.92 Å². The van der Waals surface area contributed by atoms with Crippen LogP contribution in [-0.2, 0) is 20.6 Å². The largest absolute Gasteiger partial charge is 0.380 e. The first-order valence-corrected chi connectivity index (χ1v) is 7.61. The highest BCUT2D eigenvalue weighted by atomic mass is 35.5. The van der Waals surface area contributed by atoms with Crippen molar-refractivity contribution in [1.29, 1.82) is 0 Å². The summed E-state index contributed by atoms with van der Waals surface area (Å²) in [6.07, 6.45) is 0.711. The quantitative estimate of drug-likeness (QED) is 0.836. The molecule has 8 heteroatoms. The minimum atomic E-state index is -3.58. The van der Waals surface area contributed by atoms with E-state index in [1.54, 1.807) is 14.0 Å². The van der Waals surface area contributed by atoms with Gasteiger partial charge in [0.2, 0.25) is 10.0 Å². The topological polar surface area (TPSA) is 75.3 Å². The number of sulfonamides is 1. The highest BCUT2D eigenvalue weighted by Crippen LogP contribution is 2.25. The van der Waals surface area contributed by atoms with Crippen LogP contribution in [-0.4, -0.2) is 49.2 Å². The number of hydrogen-bond donors (Lipinski definition) is 1. The van der Waals surface area contributed by atoms with Gasteiger partial charge in [-0.2, -0.15) is 9.40 Å². The van der Waals surface area contributed by atoms with Gasteiger partial charge in [0.25, 0.3) is 0 Å². The van der Waals surface area contributed by atoms with Gasteiger partial charge in [0.15, 0.2) is 0 Å². The van der Waals surface area contributed by atoms with Gasteiger partial charge in [0.1, 0.15) is 4.90 Å². The van der Waals surface area contributed by atoms with Crippen molar-refractivity contribution in [1.82, 2.24) is 14.5 Å². The molecule has 0 spiro atoms. The summed E-state index contributed by atoms with van der Waals surface area (Å²) in [7, 11) is -2.01. The van der Waals surface area contributed by atoms with Crippen LogP contribution >= 0.6 is 11.6 Å². The summed E-state index contributed by atoms with van der Waals surface area (Å²) in [6, 6.07) is -0.118. The summed E-state index contributed by atoms with van der Waals surface area (Å²) in [4.78, 5) is 0.187. The Bertz CT molecular complexity index is 522. The summed E-state index contributed by atoms with van der Waals surface area (Å²) in [5.74, 6) is 0.0634. The molecule has 1 atom stereocenters. The normalized spacial score (nSPS) is 20.8. The monoisotopic (exact) mass is 293 g/mol. The Morgan fingerprint density at radius 2 is 2.33 bits per heavy atom. The molecule has 0 amide bonds. The Hall–Kier alpha value is -0.630. The van der Waals surface area contributed by atoms with Gasteiger partial charge in [0, 0.05) is 13.7 Å². The number of aryl methyl sites for hydroxylation is 1. The third-order valence-electron chi connectivity index (χ3n) is 3.14. The molecule has 0 radical (unpaired) electrons. The summed E-state index contributed by atoms with van der Waals surface area (Å²) in [6.45, 7) is 2.70. The van der Waals surface area contributed by atoms with E-state index in [2.05, 4.69) is 10.2 Å². The maximum atomic E-state index is 12.5. The van der Waals surface area contributed by atoms with E-state index in [4.69, 9.17) is 16.3 Å². The average Bonchev–Trinajstić information content (AvgIpc) is 2.96. The molecule has 0 bridgehead atoms. The summed E-state index contributed by atoms with van der Waals surface area (Å²) in [5.41, 5.74) is 0.872. The predicted molar refractivity (Wildman–Crippen MR) is 67.1 cm³/mol. The Morgan fingerprint density at radius 3 is 2.89 bits per heavy atom. The van der Waals surface area contributed by atoms with E-state index >= 15 is 0 Å². The molecule has 102 valence electrons. The van der Waals surface area contributed by atoms with Crippen LogP contribution in [0.5, 0.6) is 0 Å². The van der Waals surface area contributed by atoms with Gasteiger partial charge >= 0.3 is 0 Å². The molecule has 1 aromatic heterocycles. The van der Waals surface area contributed by atoms with Crippen LogP contribution in [0.1, 0.15) is 17.8 Å². The SMILES string of the molecule is Cc1[nH]nc(CCl)c1S(=O)(=O)N(C)C1CCOC1. The molecule has 6 nitrogen and oxygen atoms in total. The van der Waals surface area contributed by atoms with Crippen LogP contribution in [0.4, 0.5) is 0 Å². The predicted octanol–water partition coefficient (Wildman–Crippen LogP) is 0.866. The summed E-state index contributed by atoms with van der Waals surface area (Å²) in [5, 5.41) is 6.58. The molecule has 2 rings (SSSR count). The second-order valence-electron chi connectivity index (χ2n) is 4.30. The highest BCUT2D eigenvalue weighted by molar-refractivity contribution is 7.89. The number of nitrogens with zero attached hydrogens (tertiary/aromatic N) is 2. The molecule has 1 N–H and O–H groups in total. The summed E-state index contributed by atoms with van der Waals surface area (Å²) < 4.78 is 31.6. The average molecular weight is 294 g/mol. The van der Waals surface area contributed by atoms with Crippen LogP contribution in [0.3, 0.4) is 0 Å². The van der Waals surface area contributed by atoms with Crippen LogP contribution < -0.4 is 0 Å². The van der Waals surface area contributed by atoms with Crippen molar-refractivity contribution in [3.63, 3.8) is 0 Å². The molecule has 0 aliphatic carbocycles. The molecule has 1 aliphatic heterocycles. The fourth-order valence-corrected chi connectivity index (χ4v) is 4.02. The lowest BCUT2D eigenvalue weighted by molar-refractivity contribution is 0.181. The molecule has 1 fully saturated rings. The van der Waals surface area contributed by atoms with Crippen molar-refractivity contribution in [3.8, 4) is 0 Å². The number of alkyl halides is 1. The number of halogens is 1. The Morgan fingerprint density at radius 1 is 1.61 bits per heavy atom. The van der Waals surface area contributed by atoms with E-state index < -0.39 is 10.0 Å². The number of H-pyrrole nitrogens is 1. The molecule has 1 aliphatic rings. The number of rotatable bonds is 4. The highest BCUT2D eigenvalue weighted by Gasteiger charge is 2.34. The minimum absolute atomic E-state index is 0.0634. The first-order valence-electron chi connectivity index (χ1n) is 5.64. The standard InChI is InChI=1S/C10H16ClN3O3S/c1-7-10(9(5-11)13-12-7)18(15,16)14(2)8-3-4-17-6-8/h8H,3-6H2,1-2H3,(H,12,13). The molecular formula is C10H16ClN3O3S. The zero-order chi connectivity index (χ0) is 13.3. The van der Waals surface area contributed by atoms with Gasteiger partial charge < -0.3 is 4.74 Å². The van der Waals surface area contributed by atoms with Gasteiger partial charge in [-0.15, -0.1) is 11.6 Å². The third kappa shape index (κ3) is 2.27. The lowest BCUT2D eigenvalue weighted by atomic mass is 10.3. The number of hydrogen-bond acceptors (Lipinski definition) is 4. The lowest BCUT2D eigenvalue weighted by Gasteiger charge is -2.22. The maximum absolute atomic E-state index is 12.5.